The van der Waals surface area contributed by atoms with Crippen LogP contribution in [0.15, 0.2) is 148 Å². The minimum absolute atomic E-state index is 0.000512. The van der Waals surface area contributed by atoms with Gasteiger partial charge in [-0.05, 0) is 58.0 Å². The van der Waals surface area contributed by atoms with Gasteiger partial charge in [0.05, 0.1) is 20.6 Å². The summed E-state index contributed by atoms with van der Waals surface area (Å²) < 4.78 is 10.4. The van der Waals surface area contributed by atoms with E-state index in [0.29, 0.717) is 5.75 Å². The third kappa shape index (κ3) is 6.38. The standard InChI is InChI=1S/C45H40N6O6/c1-44(41(53)54,50-43(55)57-3)36(37-34-20-12-10-18-32(34)33-19-11-13-21-35(33)37)26-51-27-46-38-39(51)47-42(48-40(38)52)49-45(28-14-6-4-7-15-28,29-16-8-5-9-17-29)30-22-24-31(56-2)25-23-30/h4-25,27,36-38H,26H2,1-3H3,(H,50,55)(H,53,54)(H,48,49,52). The summed E-state index contributed by atoms with van der Waals surface area (Å²) in [4.78, 5) is 56.8. The molecule has 12 heteroatoms. The molecule has 5 aromatic rings. The van der Waals surface area contributed by atoms with Gasteiger partial charge < -0.3 is 24.8 Å². The molecule has 0 aromatic heterocycles. The zero-order valence-corrected chi connectivity index (χ0v) is 31.5. The number of hydrogen-bond donors (Lipinski definition) is 3. The van der Waals surface area contributed by atoms with Gasteiger partial charge in [-0.3, -0.25) is 15.1 Å². The van der Waals surface area contributed by atoms with Crippen molar-refractivity contribution in [1.82, 2.24) is 15.5 Å². The van der Waals surface area contributed by atoms with Gasteiger partial charge in [0.25, 0.3) is 5.91 Å². The summed E-state index contributed by atoms with van der Waals surface area (Å²) in [5.41, 5.74) is 3.19. The van der Waals surface area contributed by atoms with Gasteiger partial charge >= 0.3 is 12.1 Å². The molecular weight excluding hydrogens is 721 g/mol. The molecule has 2 heterocycles. The number of carbonyl (C=O) groups is 3. The number of amidine groups is 1. The van der Waals surface area contributed by atoms with E-state index in [1.165, 1.54) is 20.4 Å². The van der Waals surface area contributed by atoms with E-state index in [2.05, 4.69) is 15.6 Å². The molecule has 2 amide bonds. The maximum absolute atomic E-state index is 14.0. The predicted molar refractivity (Wildman–Crippen MR) is 217 cm³/mol. The second kappa shape index (κ2) is 14.9. The van der Waals surface area contributed by atoms with Crippen LogP contribution in [0.2, 0.25) is 0 Å². The van der Waals surface area contributed by atoms with E-state index in [1.807, 2.05) is 133 Å². The van der Waals surface area contributed by atoms with Crippen LogP contribution in [0.3, 0.4) is 0 Å². The van der Waals surface area contributed by atoms with Crippen LogP contribution in [-0.4, -0.2) is 78.5 Å². The van der Waals surface area contributed by atoms with Crippen LogP contribution in [0.4, 0.5) is 4.79 Å². The molecule has 0 spiro atoms. The van der Waals surface area contributed by atoms with E-state index < -0.39 is 46.9 Å². The molecule has 0 bridgehead atoms. The Kier molecular flexibility index (Phi) is 9.62. The second-order valence-electron chi connectivity index (χ2n) is 14.3. The molecule has 0 fully saturated rings. The maximum atomic E-state index is 14.0. The molecule has 12 nitrogen and oxygen atoms in total. The quantitative estimate of drug-likeness (QED) is 0.135. The fourth-order valence-corrected chi connectivity index (χ4v) is 8.32. The second-order valence-corrected chi connectivity index (χ2v) is 14.3. The lowest BCUT2D eigenvalue weighted by Crippen LogP contribution is -2.61. The molecule has 2 aliphatic heterocycles. The lowest BCUT2D eigenvalue weighted by Gasteiger charge is -2.40. The van der Waals surface area contributed by atoms with Crippen molar-refractivity contribution in [2.24, 2.45) is 20.9 Å². The number of aliphatic carboxylic acids is 1. The Labute approximate surface area is 329 Å². The molecular formula is C45H40N6O6. The number of alkyl carbamates (subject to hydrolysis) is 1. The van der Waals surface area contributed by atoms with E-state index in [0.717, 1.165) is 38.9 Å². The van der Waals surface area contributed by atoms with E-state index >= 15 is 0 Å². The lowest BCUT2D eigenvalue weighted by molar-refractivity contribution is -0.146. The molecule has 0 radical (unpaired) electrons. The van der Waals surface area contributed by atoms with E-state index in [4.69, 9.17) is 19.5 Å². The first-order valence-electron chi connectivity index (χ1n) is 18.5. The van der Waals surface area contributed by atoms with Gasteiger partial charge in [-0.2, -0.15) is 4.99 Å². The smallest absolute Gasteiger partial charge is 0.407 e. The topological polar surface area (TPSA) is 154 Å². The number of methoxy groups -OCH3 is 2. The Hall–Kier alpha value is -7.08. The fourth-order valence-electron chi connectivity index (χ4n) is 8.32. The highest BCUT2D eigenvalue weighted by atomic mass is 16.5. The Morgan fingerprint density at radius 2 is 1.37 bits per heavy atom. The van der Waals surface area contributed by atoms with E-state index in [1.54, 1.807) is 12.0 Å². The zero-order valence-electron chi connectivity index (χ0n) is 31.5. The van der Waals surface area contributed by atoms with Gasteiger partial charge in [0, 0.05) is 18.4 Å². The van der Waals surface area contributed by atoms with Crippen molar-refractivity contribution in [2.45, 2.75) is 30.0 Å². The highest BCUT2D eigenvalue weighted by Crippen LogP contribution is 2.51. The lowest BCUT2D eigenvalue weighted by atomic mass is 9.72. The van der Waals surface area contributed by atoms with Crippen LogP contribution in [0.1, 0.15) is 40.7 Å². The number of guanidine groups is 1. The first-order valence-corrected chi connectivity index (χ1v) is 18.5. The number of rotatable bonds is 11. The van der Waals surface area contributed by atoms with Crippen molar-refractivity contribution in [3.8, 4) is 16.9 Å². The summed E-state index contributed by atoms with van der Waals surface area (Å²) in [5.74, 6) is -2.04. The van der Waals surface area contributed by atoms with E-state index in [-0.39, 0.29) is 18.3 Å². The largest absolute Gasteiger partial charge is 0.497 e. The number of hydrogen-bond acceptors (Lipinski definition) is 8. The van der Waals surface area contributed by atoms with E-state index in [9.17, 15) is 19.5 Å². The minimum atomic E-state index is -1.87. The number of nitrogens with one attached hydrogen (secondary N) is 2. The van der Waals surface area contributed by atoms with Crippen LogP contribution in [0, 0.1) is 5.92 Å². The number of benzene rings is 5. The van der Waals surface area contributed by atoms with Crippen LogP contribution >= 0.6 is 0 Å². The molecule has 286 valence electrons. The van der Waals surface area contributed by atoms with Crippen LogP contribution in [0.25, 0.3) is 11.1 Å². The summed E-state index contributed by atoms with van der Waals surface area (Å²) in [5, 5.41) is 16.5. The average molecular weight is 761 g/mol. The molecule has 57 heavy (non-hydrogen) atoms. The number of carbonyl (C=O) groups excluding carboxylic acids is 2. The van der Waals surface area contributed by atoms with Gasteiger partial charge in [0.1, 0.15) is 22.7 Å². The molecule has 3 unspecified atom stereocenters. The molecule has 3 atom stereocenters. The molecule has 5 aromatic carbocycles. The Balaban J connectivity index is 1.28. The van der Waals surface area contributed by atoms with Crippen molar-refractivity contribution in [2.75, 3.05) is 20.8 Å². The fraction of sp³-hybridized carbons (Fsp3) is 0.200. The molecule has 0 saturated carbocycles. The number of carboxylic acid groups (broad SMARTS) is 1. The zero-order chi connectivity index (χ0) is 39.7. The first kappa shape index (κ1) is 36.9. The number of fused-ring (bicyclic) bond motifs is 4. The number of aliphatic imine (C=N–C) groups is 3. The van der Waals surface area contributed by atoms with Crippen molar-refractivity contribution in [1.29, 1.82) is 0 Å². The number of amides is 2. The van der Waals surface area contributed by atoms with Crippen LogP contribution in [-0.2, 0) is 19.9 Å². The Morgan fingerprint density at radius 3 is 1.91 bits per heavy atom. The predicted octanol–water partition coefficient (Wildman–Crippen LogP) is 6.21. The molecule has 3 aliphatic rings. The van der Waals surface area contributed by atoms with Crippen molar-refractivity contribution in [3.05, 3.63) is 161 Å². The number of carboxylic acids is 1. The maximum Gasteiger partial charge on any atom is 0.407 e. The Morgan fingerprint density at radius 1 is 0.825 bits per heavy atom. The Bertz CT molecular complexity index is 2350. The summed E-state index contributed by atoms with van der Waals surface area (Å²) in [7, 11) is 2.80. The molecule has 8 rings (SSSR count). The average Bonchev–Trinajstić information content (AvgIpc) is 3.81. The number of nitrogens with zero attached hydrogens (tertiary/aromatic N) is 4. The van der Waals surface area contributed by atoms with Crippen molar-refractivity contribution < 1.29 is 29.0 Å². The van der Waals surface area contributed by atoms with Gasteiger partial charge in [0.15, 0.2) is 6.04 Å². The molecule has 1 aliphatic carbocycles. The minimum Gasteiger partial charge on any atom is -0.497 e. The monoisotopic (exact) mass is 760 g/mol. The van der Waals surface area contributed by atoms with Crippen molar-refractivity contribution >= 4 is 36.1 Å². The summed E-state index contributed by atoms with van der Waals surface area (Å²) in [6, 6.07) is 41.8. The van der Waals surface area contributed by atoms with Crippen LogP contribution < -0.4 is 15.4 Å². The highest BCUT2D eigenvalue weighted by Gasteiger charge is 2.52. The first-order chi connectivity index (χ1) is 27.7. The number of ether oxygens (including phenoxy) is 2. The third-order valence-electron chi connectivity index (χ3n) is 11.2. The van der Waals surface area contributed by atoms with Gasteiger partial charge in [-0.1, -0.05) is 121 Å². The highest BCUT2D eigenvalue weighted by molar-refractivity contribution is 6.23. The summed E-state index contributed by atoms with van der Waals surface area (Å²) in [6.07, 6.45) is 0.620. The van der Waals surface area contributed by atoms with Gasteiger partial charge in [-0.25, -0.2) is 14.6 Å². The molecule has 0 saturated heterocycles. The summed E-state index contributed by atoms with van der Waals surface area (Å²) in [6.45, 7) is 1.48. The van der Waals surface area contributed by atoms with Crippen molar-refractivity contribution in [3.63, 3.8) is 0 Å². The molecule has 3 N–H and O–H groups in total. The normalized spacial score (nSPS) is 18.1. The van der Waals surface area contributed by atoms with Gasteiger partial charge in [-0.15, -0.1) is 0 Å². The third-order valence-corrected chi connectivity index (χ3v) is 11.2. The van der Waals surface area contributed by atoms with Crippen LogP contribution in [0.5, 0.6) is 5.75 Å². The summed E-state index contributed by atoms with van der Waals surface area (Å²) >= 11 is 0. The SMILES string of the molecule is COC(=O)NC(C)(C(=O)O)C(CN1C=NC2C(=O)NC(=NC(c3ccccc3)(c3ccccc3)c3ccc(OC)cc3)N=C21)C1c2ccccc2-c2ccccc21. The van der Waals surface area contributed by atoms with Gasteiger partial charge in [0.2, 0.25) is 5.96 Å².